The molecule has 6 heteroatoms. The molecule has 3 rings (SSSR count). The molecular formula is C19H19N3O3. The molecule has 128 valence electrons. The van der Waals surface area contributed by atoms with Crippen molar-refractivity contribution in [3.05, 3.63) is 60.3 Å². The van der Waals surface area contributed by atoms with Crippen molar-refractivity contribution in [2.45, 2.75) is 6.92 Å². The van der Waals surface area contributed by atoms with Crippen LogP contribution in [0.2, 0.25) is 0 Å². The zero-order valence-corrected chi connectivity index (χ0v) is 14.1. The molecule has 1 heterocycles. The molecule has 3 aromatic rings. The van der Waals surface area contributed by atoms with Crippen LogP contribution in [0.4, 0.5) is 5.69 Å². The third-order valence-corrected chi connectivity index (χ3v) is 3.61. The van der Waals surface area contributed by atoms with Crippen LogP contribution in [0.25, 0.3) is 11.3 Å². The summed E-state index contributed by atoms with van der Waals surface area (Å²) in [5.41, 5.74) is 2.66. The number of benzene rings is 2. The van der Waals surface area contributed by atoms with Crippen molar-refractivity contribution in [1.82, 2.24) is 10.2 Å². The average Bonchev–Trinajstić information content (AvgIpc) is 3.14. The van der Waals surface area contributed by atoms with Crippen LogP contribution in [0.5, 0.6) is 11.5 Å². The van der Waals surface area contributed by atoms with Crippen LogP contribution in [0, 0.1) is 0 Å². The van der Waals surface area contributed by atoms with Crippen LogP contribution >= 0.6 is 0 Å². The van der Waals surface area contributed by atoms with Gasteiger partial charge in [-0.3, -0.25) is 9.89 Å². The van der Waals surface area contributed by atoms with Crippen LogP contribution in [-0.4, -0.2) is 29.8 Å². The number of methoxy groups -OCH3 is 1. The normalized spacial score (nSPS) is 10.3. The van der Waals surface area contributed by atoms with E-state index in [1.165, 1.54) is 0 Å². The van der Waals surface area contributed by atoms with Gasteiger partial charge in [-0.1, -0.05) is 30.3 Å². The van der Waals surface area contributed by atoms with Gasteiger partial charge in [-0.05, 0) is 25.1 Å². The zero-order valence-electron chi connectivity index (χ0n) is 14.1. The molecule has 25 heavy (non-hydrogen) atoms. The van der Waals surface area contributed by atoms with Crippen LogP contribution in [0.1, 0.15) is 17.4 Å². The van der Waals surface area contributed by atoms with E-state index < -0.39 is 0 Å². The molecule has 0 saturated heterocycles. The minimum atomic E-state index is -0.277. The second-order valence-corrected chi connectivity index (χ2v) is 5.29. The van der Waals surface area contributed by atoms with E-state index >= 15 is 0 Å². The lowest BCUT2D eigenvalue weighted by atomic mass is 10.1. The van der Waals surface area contributed by atoms with E-state index in [4.69, 9.17) is 9.47 Å². The first kappa shape index (κ1) is 16.6. The minimum Gasteiger partial charge on any atom is -0.493 e. The highest BCUT2D eigenvalue weighted by Gasteiger charge is 2.13. The fourth-order valence-electron chi connectivity index (χ4n) is 2.41. The number of hydrogen-bond donors (Lipinski definition) is 2. The molecular weight excluding hydrogens is 318 g/mol. The number of hydrogen-bond acceptors (Lipinski definition) is 4. The van der Waals surface area contributed by atoms with Crippen molar-refractivity contribution in [1.29, 1.82) is 0 Å². The van der Waals surface area contributed by atoms with Crippen LogP contribution in [-0.2, 0) is 0 Å². The standard InChI is InChI=1S/C19H19N3O3/c1-3-25-17-10-9-14(11-18(17)24-2)20-19(23)16-12-15(21-22-16)13-7-5-4-6-8-13/h4-12H,3H2,1-2H3,(H,20,23)(H,21,22). The largest absolute Gasteiger partial charge is 0.493 e. The van der Waals surface area contributed by atoms with Gasteiger partial charge < -0.3 is 14.8 Å². The van der Waals surface area contributed by atoms with Gasteiger partial charge in [0.05, 0.1) is 19.4 Å². The highest BCUT2D eigenvalue weighted by atomic mass is 16.5. The Morgan fingerprint density at radius 2 is 1.92 bits per heavy atom. The molecule has 0 aliphatic carbocycles. The second kappa shape index (κ2) is 7.53. The van der Waals surface area contributed by atoms with Gasteiger partial charge in [0.15, 0.2) is 11.5 Å². The molecule has 6 nitrogen and oxygen atoms in total. The van der Waals surface area contributed by atoms with Gasteiger partial charge in [-0.15, -0.1) is 0 Å². The van der Waals surface area contributed by atoms with Gasteiger partial charge in [0.25, 0.3) is 5.91 Å². The molecule has 0 spiro atoms. The number of nitrogens with one attached hydrogen (secondary N) is 2. The highest BCUT2D eigenvalue weighted by Crippen LogP contribution is 2.30. The van der Waals surface area contributed by atoms with E-state index in [1.807, 2.05) is 37.3 Å². The number of amides is 1. The maximum atomic E-state index is 12.4. The number of aromatic nitrogens is 2. The van der Waals surface area contributed by atoms with Gasteiger partial charge in [0.1, 0.15) is 5.69 Å². The number of H-pyrrole nitrogens is 1. The molecule has 0 aliphatic rings. The second-order valence-electron chi connectivity index (χ2n) is 5.29. The summed E-state index contributed by atoms with van der Waals surface area (Å²) in [6.45, 7) is 2.44. The molecule has 0 saturated carbocycles. The Bertz CT molecular complexity index is 859. The molecule has 0 atom stereocenters. The molecule has 0 radical (unpaired) electrons. The monoisotopic (exact) mass is 337 g/mol. The van der Waals surface area contributed by atoms with E-state index in [1.54, 1.807) is 31.4 Å². The van der Waals surface area contributed by atoms with Gasteiger partial charge >= 0.3 is 0 Å². The summed E-state index contributed by atoms with van der Waals surface area (Å²) in [5.74, 6) is 0.922. The maximum Gasteiger partial charge on any atom is 0.273 e. The predicted octanol–water partition coefficient (Wildman–Crippen LogP) is 3.74. The lowest BCUT2D eigenvalue weighted by molar-refractivity contribution is 0.102. The number of aromatic amines is 1. The lowest BCUT2D eigenvalue weighted by Crippen LogP contribution is -2.12. The fourth-order valence-corrected chi connectivity index (χ4v) is 2.41. The first-order valence-corrected chi connectivity index (χ1v) is 7.94. The zero-order chi connectivity index (χ0) is 17.6. The highest BCUT2D eigenvalue weighted by molar-refractivity contribution is 6.03. The smallest absolute Gasteiger partial charge is 0.273 e. The summed E-state index contributed by atoms with van der Waals surface area (Å²) < 4.78 is 10.8. The maximum absolute atomic E-state index is 12.4. The molecule has 0 aliphatic heterocycles. The van der Waals surface area contributed by atoms with E-state index in [9.17, 15) is 4.79 Å². The topological polar surface area (TPSA) is 76.2 Å². The number of anilines is 1. The van der Waals surface area contributed by atoms with Crippen LogP contribution < -0.4 is 14.8 Å². The van der Waals surface area contributed by atoms with E-state index in [0.717, 1.165) is 11.3 Å². The summed E-state index contributed by atoms with van der Waals surface area (Å²) in [5, 5.41) is 9.78. The molecule has 1 aromatic heterocycles. The lowest BCUT2D eigenvalue weighted by Gasteiger charge is -2.11. The van der Waals surface area contributed by atoms with Crippen molar-refractivity contribution in [3.63, 3.8) is 0 Å². The van der Waals surface area contributed by atoms with E-state index in [2.05, 4.69) is 15.5 Å². The number of nitrogens with zero attached hydrogens (tertiary/aromatic N) is 1. The predicted molar refractivity (Wildman–Crippen MR) is 96.1 cm³/mol. The molecule has 1 amide bonds. The van der Waals surface area contributed by atoms with Crippen molar-refractivity contribution >= 4 is 11.6 Å². The van der Waals surface area contributed by atoms with E-state index in [0.29, 0.717) is 29.5 Å². The number of ether oxygens (including phenoxy) is 2. The summed E-state index contributed by atoms with van der Waals surface area (Å²) >= 11 is 0. The van der Waals surface area contributed by atoms with Gasteiger partial charge in [0.2, 0.25) is 0 Å². The Morgan fingerprint density at radius 3 is 2.64 bits per heavy atom. The van der Waals surface area contributed by atoms with Gasteiger partial charge in [-0.25, -0.2) is 0 Å². The quantitative estimate of drug-likeness (QED) is 0.718. The summed E-state index contributed by atoms with van der Waals surface area (Å²) in [6, 6.07) is 16.6. The molecule has 0 bridgehead atoms. The number of carbonyl (C=O) groups excluding carboxylic acids is 1. The first-order valence-electron chi connectivity index (χ1n) is 7.94. The van der Waals surface area contributed by atoms with Crippen molar-refractivity contribution in [2.75, 3.05) is 19.0 Å². The van der Waals surface area contributed by atoms with Crippen molar-refractivity contribution in [2.24, 2.45) is 0 Å². The van der Waals surface area contributed by atoms with Crippen molar-refractivity contribution < 1.29 is 14.3 Å². The summed E-state index contributed by atoms with van der Waals surface area (Å²) in [7, 11) is 1.56. The van der Waals surface area contributed by atoms with Crippen molar-refractivity contribution in [3.8, 4) is 22.8 Å². The fraction of sp³-hybridized carbons (Fsp3) is 0.158. The average molecular weight is 337 g/mol. The molecule has 2 aromatic carbocycles. The Kier molecular flexibility index (Phi) is 4.99. The Hall–Kier alpha value is -3.28. The number of rotatable bonds is 6. The van der Waals surface area contributed by atoms with Gasteiger partial charge in [-0.2, -0.15) is 5.10 Å². The van der Waals surface area contributed by atoms with Crippen LogP contribution in [0.3, 0.4) is 0 Å². The minimum absolute atomic E-state index is 0.277. The van der Waals surface area contributed by atoms with Gasteiger partial charge in [0, 0.05) is 17.3 Å². The molecule has 0 unspecified atom stereocenters. The van der Waals surface area contributed by atoms with Crippen LogP contribution in [0.15, 0.2) is 54.6 Å². The first-order chi connectivity index (χ1) is 12.2. The Labute approximate surface area is 145 Å². The molecule has 0 fully saturated rings. The molecule has 2 N–H and O–H groups in total. The Morgan fingerprint density at radius 1 is 1.12 bits per heavy atom. The van der Waals surface area contributed by atoms with E-state index in [-0.39, 0.29) is 5.91 Å². The number of carbonyl (C=O) groups is 1. The third kappa shape index (κ3) is 3.80. The summed E-state index contributed by atoms with van der Waals surface area (Å²) in [6.07, 6.45) is 0. The third-order valence-electron chi connectivity index (χ3n) is 3.61. The Balaban J connectivity index is 1.75. The summed E-state index contributed by atoms with van der Waals surface area (Å²) in [4.78, 5) is 12.4. The SMILES string of the molecule is CCOc1ccc(NC(=O)c2cc(-c3ccccc3)n[nH]2)cc1OC.